The Morgan fingerprint density at radius 3 is 2.70 bits per heavy atom. The average Bonchev–Trinajstić information content (AvgIpc) is 3.16. The number of aromatic amines is 1. The number of methoxy groups -OCH3 is 1. The highest BCUT2D eigenvalue weighted by Crippen LogP contribution is 2.25. The molecule has 0 radical (unpaired) electrons. The number of para-hydroxylation sites is 1. The van der Waals surface area contributed by atoms with E-state index in [-0.39, 0.29) is 5.91 Å². The van der Waals surface area contributed by atoms with Gasteiger partial charge in [0.2, 0.25) is 11.1 Å². The van der Waals surface area contributed by atoms with Crippen molar-refractivity contribution in [1.29, 1.82) is 5.26 Å². The highest BCUT2D eigenvalue weighted by atomic mass is 32.2. The van der Waals surface area contributed by atoms with Crippen LogP contribution in [-0.2, 0) is 4.79 Å². The molecular weight excluding hydrogens is 362 g/mol. The largest absolute Gasteiger partial charge is 0.497 e. The van der Waals surface area contributed by atoms with Gasteiger partial charge < -0.3 is 10.1 Å². The van der Waals surface area contributed by atoms with Crippen molar-refractivity contribution in [2.75, 3.05) is 12.4 Å². The summed E-state index contributed by atoms with van der Waals surface area (Å²) < 4.78 is 5.14. The van der Waals surface area contributed by atoms with E-state index in [0.29, 0.717) is 22.2 Å². The van der Waals surface area contributed by atoms with Crippen LogP contribution in [0.1, 0.15) is 12.5 Å². The van der Waals surface area contributed by atoms with Gasteiger partial charge in [-0.1, -0.05) is 23.9 Å². The zero-order valence-corrected chi connectivity index (χ0v) is 15.6. The topological polar surface area (TPSA) is 104 Å². The minimum absolute atomic E-state index is 0.224. The number of nitrogens with one attached hydrogen (secondary N) is 2. The summed E-state index contributed by atoms with van der Waals surface area (Å²) in [4.78, 5) is 16.8. The molecule has 2 aromatic carbocycles. The number of hydrogen-bond donors (Lipinski definition) is 2. The number of carbonyl (C=O) groups is 1. The van der Waals surface area contributed by atoms with E-state index in [9.17, 15) is 4.79 Å². The minimum Gasteiger partial charge on any atom is -0.497 e. The smallest absolute Gasteiger partial charge is 0.237 e. The summed E-state index contributed by atoms with van der Waals surface area (Å²) in [6, 6.07) is 16.4. The van der Waals surface area contributed by atoms with Crippen LogP contribution in [0.2, 0.25) is 0 Å². The maximum absolute atomic E-state index is 12.4. The first-order chi connectivity index (χ1) is 13.1. The number of amides is 1. The van der Waals surface area contributed by atoms with Crippen LogP contribution in [0.15, 0.2) is 53.7 Å². The number of rotatable bonds is 6. The Bertz CT molecular complexity index is 978. The maximum atomic E-state index is 12.4. The molecule has 2 N–H and O–H groups in total. The van der Waals surface area contributed by atoms with E-state index >= 15 is 0 Å². The first-order valence-corrected chi connectivity index (χ1v) is 9.02. The second-order valence-electron chi connectivity index (χ2n) is 5.60. The number of aromatic nitrogens is 3. The fraction of sp³-hybridized carbons (Fsp3) is 0.158. The fourth-order valence-corrected chi connectivity index (χ4v) is 3.04. The predicted molar refractivity (Wildman–Crippen MR) is 103 cm³/mol. The molecule has 136 valence electrons. The van der Waals surface area contributed by atoms with Crippen LogP contribution in [0.3, 0.4) is 0 Å². The first kappa shape index (κ1) is 18.5. The monoisotopic (exact) mass is 379 g/mol. The van der Waals surface area contributed by atoms with Gasteiger partial charge in [-0.05, 0) is 43.3 Å². The number of nitriles is 1. The number of H-pyrrole nitrogens is 1. The Hall–Kier alpha value is -3.31. The lowest BCUT2D eigenvalue weighted by atomic mass is 10.2. The average molecular weight is 379 g/mol. The molecule has 3 aromatic rings. The van der Waals surface area contributed by atoms with Crippen LogP contribution in [0.25, 0.3) is 11.4 Å². The number of anilines is 1. The zero-order chi connectivity index (χ0) is 19.2. The number of hydrogen-bond acceptors (Lipinski definition) is 6. The standard InChI is InChI=1S/C19H17N5O2S/c1-12(18(25)21-16-6-4-3-5-14(16)11-20)27-19-22-17(23-24-19)13-7-9-15(26-2)10-8-13/h3-10,12H,1-2H3,(H,21,25)(H,22,23,24). The Balaban J connectivity index is 1.65. The molecule has 0 bridgehead atoms. The van der Waals surface area contributed by atoms with Gasteiger partial charge in [-0.3, -0.25) is 9.89 Å². The molecule has 1 heterocycles. The van der Waals surface area contributed by atoms with Gasteiger partial charge in [-0.25, -0.2) is 4.98 Å². The lowest BCUT2D eigenvalue weighted by molar-refractivity contribution is -0.115. The molecule has 1 atom stereocenters. The number of nitrogens with zero attached hydrogens (tertiary/aromatic N) is 3. The van der Waals surface area contributed by atoms with Gasteiger partial charge in [-0.2, -0.15) is 5.26 Å². The van der Waals surface area contributed by atoms with Crippen molar-refractivity contribution in [3.05, 3.63) is 54.1 Å². The molecule has 0 fully saturated rings. The quantitative estimate of drug-likeness (QED) is 0.636. The Labute approximate surface area is 160 Å². The van der Waals surface area contributed by atoms with E-state index in [0.717, 1.165) is 11.3 Å². The lowest BCUT2D eigenvalue weighted by Crippen LogP contribution is -2.23. The highest BCUT2D eigenvalue weighted by Gasteiger charge is 2.18. The zero-order valence-electron chi connectivity index (χ0n) is 14.8. The molecule has 0 spiro atoms. The SMILES string of the molecule is COc1ccc(-c2nc(SC(C)C(=O)Nc3ccccc3C#N)n[nH]2)cc1. The van der Waals surface area contributed by atoms with E-state index in [2.05, 4.69) is 26.6 Å². The summed E-state index contributed by atoms with van der Waals surface area (Å²) in [7, 11) is 1.61. The fourth-order valence-electron chi connectivity index (χ4n) is 2.31. The summed E-state index contributed by atoms with van der Waals surface area (Å²) in [5.74, 6) is 1.15. The van der Waals surface area contributed by atoms with Crippen molar-refractivity contribution in [2.45, 2.75) is 17.3 Å². The van der Waals surface area contributed by atoms with Crippen molar-refractivity contribution in [2.24, 2.45) is 0 Å². The van der Waals surface area contributed by atoms with Crippen LogP contribution in [0.4, 0.5) is 5.69 Å². The third kappa shape index (κ3) is 4.46. The summed E-state index contributed by atoms with van der Waals surface area (Å²) in [6.45, 7) is 1.76. The van der Waals surface area contributed by atoms with Crippen LogP contribution in [0.5, 0.6) is 5.75 Å². The molecule has 0 aliphatic carbocycles. The first-order valence-electron chi connectivity index (χ1n) is 8.14. The normalized spacial score (nSPS) is 11.4. The summed E-state index contributed by atoms with van der Waals surface area (Å²) in [5.41, 5.74) is 1.78. The van der Waals surface area contributed by atoms with Gasteiger partial charge in [0.1, 0.15) is 11.8 Å². The summed E-state index contributed by atoms with van der Waals surface area (Å²) >= 11 is 1.23. The molecule has 3 rings (SSSR count). The highest BCUT2D eigenvalue weighted by molar-refractivity contribution is 8.00. The van der Waals surface area contributed by atoms with Crippen LogP contribution in [0, 0.1) is 11.3 Å². The number of ether oxygens (including phenoxy) is 1. The number of thioether (sulfide) groups is 1. The van der Waals surface area contributed by atoms with E-state index in [4.69, 9.17) is 10.00 Å². The van der Waals surface area contributed by atoms with Crippen molar-refractivity contribution in [3.8, 4) is 23.2 Å². The summed E-state index contributed by atoms with van der Waals surface area (Å²) in [5, 5.41) is 19.0. The van der Waals surface area contributed by atoms with E-state index in [1.54, 1.807) is 38.3 Å². The third-order valence-electron chi connectivity index (χ3n) is 3.79. The molecule has 0 aliphatic rings. The van der Waals surface area contributed by atoms with Crippen LogP contribution < -0.4 is 10.1 Å². The van der Waals surface area contributed by atoms with E-state index in [1.165, 1.54) is 11.8 Å². The molecule has 7 nitrogen and oxygen atoms in total. The van der Waals surface area contributed by atoms with Crippen molar-refractivity contribution < 1.29 is 9.53 Å². The molecule has 27 heavy (non-hydrogen) atoms. The van der Waals surface area contributed by atoms with Gasteiger partial charge in [0.25, 0.3) is 0 Å². The molecule has 8 heteroatoms. The second kappa shape index (κ2) is 8.38. The predicted octanol–water partition coefficient (Wildman–Crippen LogP) is 3.47. The van der Waals surface area contributed by atoms with E-state index < -0.39 is 5.25 Å². The van der Waals surface area contributed by atoms with Gasteiger partial charge in [0.15, 0.2) is 5.82 Å². The molecule has 1 aromatic heterocycles. The molecule has 0 aliphatic heterocycles. The number of benzene rings is 2. The molecule has 1 unspecified atom stereocenters. The lowest BCUT2D eigenvalue weighted by Gasteiger charge is -2.11. The minimum atomic E-state index is -0.434. The van der Waals surface area contributed by atoms with Crippen molar-refractivity contribution in [3.63, 3.8) is 0 Å². The third-order valence-corrected chi connectivity index (χ3v) is 4.75. The van der Waals surface area contributed by atoms with Gasteiger partial charge in [0.05, 0.1) is 23.6 Å². The Morgan fingerprint density at radius 1 is 1.26 bits per heavy atom. The Morgan fingerprint density at radius 2 is 2.00 bits per heavy atom. The molecule has 1 amide bonds. The summed E-state index contributed by atoms with van der Waals surface area (Å²) in [6.07, 6.45) is 0. The Kier molecular flexibility index (Phi) is 5.74. The molecular formula is C19H17N5O2S. The van der Waals surface area contributed by atoms with Crippen LogP contribution >= 0.6 is 11.8 Å². The van der Waals surface area contributed by atoms with Crippen molar-refractivity contribution >= 4 is 23.4 Å². The van der Waals surface area contributed by atoms with Gasteiger partial charge in [-0.15, -0.1) is 5.10 Å². The van der Waals surface area contributed by atoms with Gasteiger partial charge >= 0.3 is 0 Å². The van der Waals surface area contributed by atoms with Crippen LogP contribution in [-0.4, -0.2) is 33.4 Å². The van der Waals surface area contributed by atoms with Gasteiger partial charge in [0, 0.05) is 5.56 Å². The second-order valence-corrected chi connectivity index (χ2v) is 6.91. The molecule has 0 saturated carbocycles. The van der Waals surface area contributed by atoms with E-state index in [1.807, 2.05) is 24.3 Å². The molecule has 0 saturated heterocycles. The maximum Gasteiger partial charge on any atom is 0.237 e. The van der Waals surface area contributed by atoms with Crippen molar-refractivity contribution in [1.82, 2.24) is 15.2 Å². The number of carbonyl (C=O) groups excluding carboxylic acids is 1.